The first-order valence-electron chi connectivity index (χ1n) is 9.04. The highest BCUT2D eigenvalue weighted by molar-refractivity contribution is 5.46. The third-order valence-electron chi connectivity index (χ3n) is 4.45. The molecular formula is C23H27N3. The van der Waals surface area contributed by atoms with Crippen molar-refractivity contribution in [3.63, 3.8) is 0 Å². The van der Waals surface area contributed by atoms with E-state index in [1.165, 1.54) is 22.4 Å². The minimum Gasteiger partial charge on any atom is -0.378 e. The Morgan fingerprint density at radius 1 is 0.654 bits per heavy atom. The van der Waals surface area contributed by atoms with Gasteiger partial charge in [0.25, 0.3) is 0 Å². The maximum Gasteiger partial charge on any atom is 0.0840 e. The summed E-state index contributed by atoms with van der Waals surface area (Å²) in [6.45, 7) is 1.64. The normalized spacial score (nSPS) is 10.9. The van der Waals surface area contributed by atoms with Gasteiger partial charge in [0.2, 0.25) is 0 Å². The van der Waals surface area contributed by atoms with E-state index in [2.05, 4.69) is 115 Å². The standard InChI is InChI=1S/C23H27N3/c1-26(2)22-15-13-21(14-16-22)23(24-17-19-9-5-3-6-10-19)25-18-20-11-7-4-8-12-20/h3-16,23-25H,17-18H2,1-2H3. The molecule has 0 aliphatic carbocycles. The molecule has 26 heavy (non-hydrogen) atoms. The third kappa shape index (κ3) is 5.19. The average molecular weight is 345 g/mol. The Morgan fingerprint density at radius 3 is 1.54 bits per heavy atom. The molecule has 0 atom stereocenters. The molecule has 2 N–H and O–H groups in total. The van der Waals surface area contributed by atoms with Crippen LogP contribution < -0.4 is 15.5 Å². The SMILES string of the molecule is CN(C)c1ccc(C(NCc2ccccc2)NCc2ccccc2)cc1. The summed E-state index contributed by atoms with van der Waals surface area (Å²) in [7, 11) is 4.13. The highest BCUT2D eigenvalue weighted by Crippen LogP contribution is 2.17. The topological polar surface area (TPSA) is 27.3 Å². The Kier molecular flexibility index (Phi) is 6.42. The van der Waals surface area contributed by atoms with Gasteiger partial charge in [-0.1, -0.05) is 72.8 Å². The molecule has 0 saturated heterocycles. The summed E-state index contributed by atoms with van der Waals surface area (Å²) in [5.41, 5.74) is 5.01. The Labute approximate surface area is 156 Å². The molecular weight excluding hydrogens is 318 g/mol. The van der Waals surface area contributed by atoms with Crippen LogP contribution >= 0.6 is 0 Å². The van der Waals surface area contributed by atoms with Gasteiger partial charge in [-0.05, 0) is 28.8 Å². The largest absolute Gasteiger partial charge is 0.378 e. The lowest BCUT2D eigenvalue weighted by Gasteiger charge is -2.22. The summed E-state index contributed by atoms with van der Waals surface area (Å²) in [6, 6.07) is 29.7. The van der Waals surface area contributed by atoms with E-state index in [-0.39, 0.29) is 6.17 Å². The minimum atomic E-state index is 0.0895. The van der Waals surface area contributed by atoms with Crippen molar-refractivity contribution in [3.8, 4) is 0 Å². The molecule has 0 aliphatic heterocycles. The van der Waals surface area contributed by atoms with Gasteiger partial charge in [0.05, 0.1) is 6.17 Å². The number of anilines is 1. The van der Waals surface area contributed by atoms with Gasteiger partial charge in [-0.15, -0.1) is 0 Å². The number of rotatable bonds is 8. The predicted octanol–water partition coefficient (Wildman–Crippen LogP) is 4.33. The molecule has 134 valence electrons. The molecule has 0 unspecified atom stereocenters. The van der Waals surface area contributed by atoms with Gasteiger partial charge in [0.15, 0.2) is 0 Å². The smallest absolute Gasteiger partial charge is 0.0840 e. The monoisotopic (exact) mass is 345 g/mol. The minimum absolute atomic E-state index is 0.0895. The molecule has 0 spiro atoms. The summed E-state index contributed by atoms with van der Waals surface area (Å²) < 4.78 is 0. The fourth-order valence-corrected chi connectivity index (χ4v) is 2.90. The number of hydrogen-bond acceptors (Lipinski definition) is 3. The van der Waals surface area contributed by atoms with Crippen molar-refractivity contribution >= 4 is 5.69 Å². The van der Waals surface area contributed by atoms with Gasteiger partial charge in [-0.2, -0.15) is 0 Å². The lowest BCUT2D eigenvalue weighted by atomic mass is 10.1. The Morgan fingerprint density at radius 2 is 1.12 bits per heavy atom. The van der Waals surface area contributed by atoms with Crippen LogP contribution in [0.25, 0.3) is 0 Å². The highest BCUT2D eigenvalue weighted by atomic mass is 15.1. The molecule has 3 rings (SSSR count). The van der Waals surface area contributed by atoms with E-state index in [4.69, 9.17) is 0 Å². The van der Waals surface area contributed by atoms with Crippen LogP contribution in [0.5, 0.6) is 0 Å². The third-order valence-corrected chi connectivity index (χ3v) is 4.45. The molecule has 0 radical (unpaired) electrons. The second-order valence-electron chi connectivity index (χ2n) is 6.65. The average Bonchev–Trinajstić information content (AvgIpc) is 2.70. The van der Waals surface area contributed by atoms with Crippen LogP contribution in [0.15, 0.2) is 84.9 Å². The summed E-state index contributed by atoms with van der Waals surface area (Å²) >= 11 is 0. The zero-order valence-corrected chi connectivity index (χ0v) is 15.5. The molecule has 0 fully saturated rings. The molecule has 3 aromatic rings. The van der Waals surface area contributed by atoms with E-state index in [0.29, 0.717) is 0 Å². The zero-order chi connectivity index (χ0) is 18.2. The Hall–Kier alpha value is -2.62. The molecule has 3 nitrogen and oxygen atoms in total. The van der Waals surface area contributed by atoms with Gasteiger partial charge in [0, 0.05) is 32.9 Å². The van der Waals surface area contributed by atoms with Gasteiger partial charge in [-0.25, -0.2) is 0 Å². The van der Waals surface area contributed by atoms with E-state index in [1.54, 1.807) is 0 Å². The quantitative estimate of drug-likeness (QED) is 0.595. The molecule has 0 saturated carbocycles. The summed E-state index contributed by atoms with van der Waals surface area (Å²) in [4.78, 5) is 2.12. The van der Waals surface area contributed by atoms with Crippen LogP contribution in [-0.2, 0) is 13.1 Å². The molecule has 3 heteroatoms. The van der Waals surface area contributed by atoms with E-state index in [1.807, 2.05) is 0 Å². The van der Waals surface area contributed by atoms with Gasteiger partial charge in [-0.3, -0.25) is 10.6 Å². The summed E-state index contributed by atoms with van der Waals surface area (Å²) in [6.07, 6.45) is 0.0895. The van der Waals surface area contributed by atoms with Crippen LogP contribution in [0.3, 0.4) is 0 Å². The number of hydrogen-bond donors (Lipinski definition) is 2. The number of nitrogens with zero attached hydrogens (tertiary/aromatic N) is 1. The summed E-state index contributed by atoms with van der Waals surface area (Å²) in [5, 5.41) is 7.29. The fraction of sp³-hybridized carbons (Fsp3) is 0.217. The number of benzene rings is 3. The molecule has 0 amide bonds. The van der Waals surface area contributed by atoms with Crippen LogP contribution in [-0.4, -0.2) is 14.1 Å². The first kappa shape index (κ1) is 18.2. The molecule has 0 bridgehead atoms. The van der Waals surface area contributed by atoms with Crippen molar-refractivity contribution in [2.75, 3.05) is 19.0 Å². The zero-order valence-electron chi connectivity index (χ0n) is 15.5. The van der Waals surface area contributed by atoms with E-state index in [0.717, 1.165) is 13.1 Å². The summed E-state index contributed by atoms with van der Waals surface area (Å²) in [5.74, 6) is 0. The van der Waals surface area contributed by atoms with E-state index in [9.17, 15) is 0 Å². The van der Waals surface area contributed by atoms with Crippen molar-refractivity contribution in [3.05, 3.63) is 102 Å². The van der Waals surface area contributed by atoms with Gasteiger partial charge in [0.1, 0.15) is 0 Å². The highest BCUT2D eigenvalue weighted by Gasteiger charge is 2.11. The van der Waals surface area contributed by atoms with Crippen molar-refractivity contribution in [2.45, 2.75) is 19.3 Å². The van der Waals surface area contributed by atoms with Gasteiger partial charge < -0.3 is 4.90 Å². The lowest BCUT2D eigenvalue weighted by Crippen LogP contribution is -2.33. The first-order valence-corrected chi connectivity index (χ1v) is 9.04. The fourth-order valence-electron chi connectivity index (χ4n) is 2.90. The van der Waals surface area contributed by atoms with Crippen molar-refractivity contribution in [2.24, 2.45) is 0 Å². The first-order chi connectivity index (χ1) is 12.7. The van der Waals surface area contributed by atoms with Crippen molar-refractivity contribution in [1.29, 1.82) is 0 Å². The van der Waals surface area contributed by atoms with Crippen LogP contribution in [0, 0.1) is 0 Å². The van der Waals surface area contributed by atoms with Crippen molar-refractivity contribution in [1.82, 2.24) is 10.6 Å². The lowest BCUT2D eigenvalue weighted by molar-refractivity contribution is 0.436. The number of nitrogens with one attached hydrogen (secondary N) is 2. The van der Waals surface area contributed by atoms with E-state index >= 15 is 0 Å². The van der Waals surface area contributed by atoms with Gasteiger partial charge >= 0.3 is 0 Å². The maximum absolute atomic E-state index is 3.65. The van der Waals surface area contributed by atoms with E-state index < -0.39 is 0 Å². The Bertz CT molecular complexity index is 724. The second kappa shape index (κ2) is 9.18. The second-order valence-corrected chi connectivity index (χ2v) is 6.65. The van der Waals surface area contributed by atoms with Crippen LogP contribution in [0.4, 0.5) is 5.69 Å². The Balaban J connectivity index is 1.71. The van der Waals surface area contributed by atoms with Crippen LogP contribution in [0.1, 0.15) is 22.9 Å². The predicted molar refractivity (Wildman–Crippen MR) is 110 cm³/mol. The molecule has 0 heterocycles. The maximum atomic E-state index is 3.65. The molecule has 3 aromatic carbocycles. The van der Waals surface area contributed by atoms with Crippen molar-refractivity contribution < 1.29 is 0 Å². The van der Waals surface area contributed by atoms with Crippen LogP contribution in [0.2, 0.25) is 0 Å². The molecule has 0 aliphatic rings. The molecule has 0 aromatic heterocycles.